The van der Waals surface area contributed by atoms with Crippen LogP contribution in [0.3, 0.4) is 0 Å². The van der Waals surface area contributed by atoms with Crippen molar-refractivity contribution in [3.8, 4) is 0 Å². The van der Waals surface area contributed by atoms with Crippen molar-refractivity contribution in [2.24, 2.45) is 0 Å². The summed E-state index contributed by atoms with van der Waals surface area (Å²) in [6, 6.07) is 0. The number of nitrogens with zero attached hydrogens (tertiary/aromatic N) is 1. The Labute approximate surface area is 58.4 Å². The molecule has 1 unspecified atom stereocenters. The van der Waals surface area contributed by atoms with Gasteiger partial charge in [0.2, 0.25) is 0 Å². The molecule has 0 saturated carbocycles. The second-order valence-corrected chi connectivity index (χ2v) is 2.63. The highest BCUT2D eigenvalue weighted by atomic mass is 16.5. The topological polar surface area (TPSA) is 63.4 Å². The molecular weight excluding hydrogens is 134 g/mol. The maximum Gasteiger partial charge on any atom is 0.377 e. The van der Waals surface area contributed by atoms with Crippen molar-refractivity contribution in [3.05, 3.63) is 5.21 Å². The third-order valence-corrected chi connectivity index (χ3v) is 1.87. The van der Waals surface area contributed by atoms with Gasteiger partial charge >= 0.3 is 5.97 Å². The molecule has 0 radical (unpaired) electrons. The first-order valence-electron chi connectivity index (χ1n) is 3.10. The Kier molecular flexibility index (Phi) is 1.39. The molecule has 1 atom stereocenters. The lowest BCUT2D eigenvalue weighted by molar-refractivity contribution is -0.517. The summed E-state index contributed by atoms with van der Waals surface area (Å²) in [5, 5.41) is 19.4. The molecule has 1 aliphatic heterocycles. The largest absolute Gasteiger partial charge is 0.623 e. The van der Waals surface area contributed by atoms with Gasteiger partial charge in [-0.05, 0) is 0 Å². The van der Waals surface area contributed by atoms with Crippen molar-refractivity contribution in [1.29, 1.82) is 0 Å². The van der Waals surface area contributed by atoms with Gasteiger partial charge in [-0.2, -0.15) is 4.74 Å². The molecule has 0 fully saturated rings. The fourth-order valence-electron chi connectivity index (χ4n) is 0.976. The Morgan fingerprint density at radius 2 is 2.50 bits per heavy atom. The van der Waals surface area contributed by atoms with Gasteiger partial charge < -0.3 is 10.3 Å². The number of rotatable bonds is 1. The first-order valence-corrected chi connectivity index (χ1v) is 3.10. The van der Waals surface area contributed by atoms with E-state index in [-0.39, 0.29) is 0 Å². The lowest BCUT2D eigenvalue weighted by Crippen LogP contribution is -2.40. The van der Waals surface area contributed by atoms with Crippen LogP contribution in [0.15, 0.2) is 0 Å². The summed E-state index contributed by atoms with van der Waals surface area (Å²) < 4.78 is 0.523. The van der Waals surface area contributed by atoms with Crippen molar-refractivity contribution in [2.75, 3.05) is 0 Å². The van der Waals surface area contributed by atoms with E-state index in [9.17, 15) is 10.0 Å². The predicted octanol–water partition coefficient (Wildman–Crippen LogP) is 0.205. The van der Waals surface area contributed by atoms with E-state index in [1.54, 1.807) is 0 Å². The zero-order valence-electron chi connectivity index (χ0n) is 5.70. The minimum atomic E-state index is -1.21. The van der Waals surface area contributed by atoms with Crippen LogP contribution < -0.4 is 0 Å². The maximum atomic E-state index is 10.8. The third kappa shape index (κ3) is 0.761. The van der Waals surface area contributed by atoms with Crippen LogP contribution >= 0.6 is 0 Å². The fourth-order valence-corrected chi connectivity index (χ4v) is 0.976. The lowest BCUT2D eigenvalue weighted by Gasteiger charge is -2.17. The van der Waals surface area contributed by atoms with Crippen LogP contribution in [-0.4, -0.2) is 27.6 Å². The lowest BCUT2D eigenvalue weighted by atomic mass is 10.0. The van der Waals surface area contributed by atoms with Gasteiger partial charge in [-0.15, -0.1) is 0 Å². The van der Waals surface area contributed by atoms with Crippen molar-refractivity contribution in [2.45, 2.75) is 25.3 Å². The summed E-state index contributed by atoms with van der Waals surface area (Å²) in [5.74, 6) is -1.05. The zero-order chi connectivity index (χ0) is 7.78. The van der Waals surface area contributed by atoms with Crippen LogP contribution in [0.1, 0.15) is 19.8 Å². The molecule has 0 spiro atoms. The fraction of sp³-hybridized carbons (Fsp3) is 0.667. The summed E-state index contributed by atoms with van der Waals surface area (Å²) in [5.41, 5.74) is -1.21. The highest BCUT2D eigenvalue weighted by Gasteiger charge is 2.44. The van der Waals surface area contributed by atoms with Crippen LogP contribution in [-0.2, 0) is 4.79 Å². The van der Waals surface area contributed by atoms with Gasteiger partial charge in [0.05, 0.1) is 0 Å². The van der Waals surface area contributed by atoms with E-state index in [4.69, 9.17) is 5.11 Å². The van der Waals surface area contributed by atoms with Gasteiger partial charge in [0.1, 0.15) is 0 Å². The molecule has 1 heterocycles. The molecule has 4 nitrogen and oxygen atoms in total. The monoisotopic (exact) mass is 143 g/mol. The van der Waals surface area contributed by atoms with E-state index in [1.807, 2.05) is 0 Å². The zero-order valence-corrected chi connectivity index (χ0v) is 5.70. The van der Waals surface area contributed by atoms with Crippen molar-refractivity contribution < 1.29 is 14.6 Å². The highest BCUT2D eigenvalue weighted by molar-refractivity contribution is 5.79. The number of aliphatic carboxylic acids is 1. The van der Waals surface area contributed by atoms with Crippen molar-refractivity contribution in [3.63, 3.8) is 0 Å². The highest BCUT2D eigenvalue weighted by Crippen LogP contribution is 2.20. The molecular formula is C6H9NO3. The van der Waals surface area contributed by atoms with Crippen LogP contribution in [0.5, 0.6) is 0 Å². The summed E-state index contributed by atoms with van der Waals surface area (Å²) in [6.07, 6.45) is 2.34. The number of hydroxylamine groups is 1. The first-order chi connectivity index (χ1) is 4.57. The number of carboxylic acid groups (broad SMARTS) is 1. The van der Waals surface area contributed by atoms with Gasteiger partial charge in [-0.3, -0.25) is 0 Å². The Bertz CT molecular complexity index is 199. The molecule has 0 aromatic carbocycles. The van der Waals surface area contributed by atoms with E-state index < -0.39 is 11.5 Å². The number of carbonyl (C=O) groups is 1. The molecule has 56 valence electrons. The number of carboxylic acids is 1. The molecule has 0 aliphatic carbocycles. The molecule has 0 aromatic heterocycles. The number of hydrogen-bond acceptors (Lipinski definition) is 2. The summed E-state index contributed by atoms with van der Waals surface area (Å²) in [4.78, 5) is 10.5. The van der Waals surface area contributed by atoms with Crippen LogP contribution in [0.2, 0.25) is 0 Å². The minimum Gasteiger partial charge on any atom is -0.623 e. The summed E-state index contributed by atoms with van der Waals surface area (Å²) >= 11 is 0. The van der Waals surface area contributed by atoms with Gasteiger partial charge in [0.15, 0.2) is 6.21 Å². The maximum absolute atomic E-state index is 10.8. The van der Waals surface area contributed by atoms with Gasteiger partial charge in [0.25, 0.3) is 5.54 Å². The molecule has 0 bridgehead atoms. The predicted molar refractivity (Wildman–Crippen MR) is 35.0 cm³/mol. The molecule has 0 amide bonds. The summed E-state index contributed by atoms with van der Waals surface area (Å²) in [6.45, 7) is 1.44. The molecule has 1 rings (SSSR count). The quantitative estimate of drug-likeness (QED) is 0.421. The molecule has 1 aliphatic rings. The van der Waals surface area contributed by atoms with E-state index in [2.05, 4.69) is 0 Å². The third-order valence-electron chi connectivity index (χ3n) is 1.87. The van der Waals surface area contributed by atoms with Crippen LogP contribution in [0.25, 0.3) is 0 Å². The normalized spacial score (nSPS) is 31.9. The van der Waals surface area contributed by atoms with Crippen LogP contribution in [0.4, 0.5) is 0 Å². The first kappa shape index (κ1) is 7.05. The van der Waals surface area contributed by atoms with Gasteiger partial charge in [0, 0.05) is 19.8 Å². The van der Waals surface area contributed by atoms with E-state index in [1.165, 1.54) is 13.1 Å². The van der Waals surface area contributed by atoms with E-state index in [0.717, 1.165) is 0 Å². The SMILES string of the molecule is CC1(C(=O)O)CCC=[N+]1[O-]. The second-order valence-electron chi connectivity index (χ2n) is 2.63. The van der Waals surface area contributed by atoms with E-state index in [0.29, 0.717) is 17.6 Å². The number of hydrogen-bond donors (Lipinski definition) is 1. The summed E-state index contributed by atoms with van der Waals surface area (Å²) in [7, 11) is 0. The van der Waals surface area contributed by atoms with E-state index >= 15 is 0 Å². The Morgan fingerprint density at radius 1 is 1.90 bits per heavy atom. The van der Waals surface area contributed by atoms with Crippen LogP contribution in [0, 0.1) is 5.21 Å². The van der Waals surface area contributed by atoms with Crippen molar-refractivity contribution >= 4 is 12.2 Å². The second kappa shape index (κ2) is 1.97. The molecule has 10 heavy (non-hydrogen) atoms. The smallest absolute Gasteiger partial charge is 0.377 e. The van der Waals surface area contributed by atoms with Gasteiger partial charge in [-0.1, -0.05) is 0 Å². The standard InChI is InChI=1S/C6H9NO3/c1-6(5(8)9)3-2-4-7(6)10/h4H,2-3H2,1H3,(H,8,9). The average molecular weight is 143 g/mol. The molecule has 0 saturated heterocycles. The molecule has 0 aromatic rings. The minimum absolute atomic E-state index is 0.409. The van der Waals surface area contributed by atoms with Gasteiger partial charge in [-0.25, -0.2) is 4.79 Å². The van der Waals surface area contributed by atoms with Crippen molar-refractivity contribution in [1.82, 2.24) is 0 Å². The Hall–Kier alpha value is -1.06. The Balaban J connectivity index is 2.89. The average Bonchev–Trinajstić information content (AvgIpc) is 2.15. The molecule has 4 heteroatoms. The molecule has 1 N–H and O–H groups in total. The Morgan fingerprint density at radius 3 is 2.70 bits per heavy atom.